The van der Waals surface area contributed by atoms with E-state index in [2.05, 4.69) is 97.9 Å². The molecule has 0 unspecified atom stereocenters. The average molecular weight is 587 g/mol. The number of hydrogen-bond donors (Lipinski definition) is 1. The second-order valence-electron chi connectivity index (χ2n) is 13.8. The first-order chi connectivity index (χ1) is 19.7. The summed E-state index contributed by atoms with van der Waals surface area (Å²) in [5.74, 6) is 0.175. The Morgan fingerprint density at radius 2 is 1.12 bits per heavy atom. The van der Waals surface area contributed by atoms with E-state index < -0.39 is 8.32 Å². The van der Waals surface area contributed by atoms with Crippen LogP contribution in [0.3, 0.4) is 0 Å². The van der Waals surface area contributed by atoms with Gasteiger partial charge < -0.3 is 9.53 Å². The Labute approximate surface area is 258 Å². The summed E-state index contributed by atoms with van der Waals surface area (Å²) in [4.78, 5) is 0. The molecule has 0 aliphatic carbocycles. The summed E-state index contributed by atoms with van der Waals surface area (Å²) in [5, 5.41) is 11.8. The Balaban J connectivity index is 2.99. The zero-order valence-corrected chi connectivity index (χ0v) is 29.7. The van der Waals surface area contributed by atoms with Crippen molar-refractivity contribution in [3.8, 4) is 0 Å². The zero-order valence-electron chi connectivity index (χ0n) is 28.7. The predicted molar refractivity (Wildman–Crippen MR) is 186 cm³/mol. The highest BCUT2D eigenvalue weighted by Gasteiger charge is 2.46. The molecule has 0 saturated heterocycles. The largest absolute Gasteiger partial charge is 0.413 e. The van der Waals surface area contributed by atoms with Crippen LogP contribution in [0.15, 0.2) is 36.4 Å². The lowest BCUT2D eigenvalue weighted by Crippen LogP contribution is -2.50. The Bertz CT molecular complexity index is 735. The molecule has 0 saturated carbocycles. The number of aliphatic hydroxyl groups excluding tert-OH is 1. The molecule has 1 aromatic rings. The molecule has 0 radical (unpaired) electrons. The third kappa shape index (κ3) is 14.9. The summed E-state index contributed by atoms with van der Waals surface area (Å²) in [6.07, 6.45) is 24.2. The minimum absolute atomic E-state index is 0.150. The Morgan fingerprint density at radius 1 is 0.659 bits per heavy atom. The van der Waals surface area contributed by atoms with Gasteiger partial charge in [-0.15, -0.1) is 0 Å². The second-order valence-corrected chi connectivity index (χ2v) is 19.2. The summed E-state index contributed by atoms with van der Waals surface area (Å²) in [7, 11) is -2.02. The molecule has 3 heteroatoms. The van der Waals surface area contributed by atoms with Crippen LogP contribution in [-0.4, -0.2) is 25.6 Å². The predicted octanol–water partition coefficient (Wildman–Crippen LogP) is 12.5. The maximum atomic E-state index is 11.8. The minimum atomic E-state index is -2.02. The minimum Gasteiger partial charge on any atom is -0.413 e. The molecule has 0 heterocycles. The van der Waals surface area contributed by atoms with Gasteiger partial charge in [0.05, 0.1) is 6.10 Å². The lowest BCUT2D eigenvalue weighted by atomic mass is 9.90. The highest BCUT2D eigenvalue weighted by atomic mass is 28.4. The maximum absolute atomic E-state index is 11.8. The fourth-order valence-corrected chi connectivity index (χ4v) is 12.7. The first-order valence-corrected chi connectivity index (χ1v) is 19.9. The standard InChI is InChI=1S/C38H70O2Si/c1-9-11-13-15-16-17-18-19-24-28-37(40-41(32(3)4,33(5)6)34(7)8)31-38(39)36(27-23-14-12-10-2)30-29-35-25-21-20-22-26-35/h20-22,25-26,29-30,32-34,36-39H,9-19,23-24,27-28,31H2,1-8H3/b30-29+/t36-,37+,38+/m1/s1. The van der Waals surface area contributed by atoms with Gasteiger partial charge in [0.2, 0.25) is 8.32 Å². The van der Waals surface area contributed by atoms with Crippen LogP contribution < -0.4 is 0 Å². The molecule has 3 atom stereocenters. The molecule has 1 N–H and O–H groups in total. The van der Waals surface area contributed by atoms with Gasteiger partial charge in [0.15, 0.2) is 0 Å². The van der Waals surface area contributed by atoms with E-state index in [1.807, 2.05) is 0 Å². The Hall–Kier alpha value is -0.903. The Morgan fingerprint density at radius 3 is 1.63 bits per heavy atom. The van der Waals surface area contributed by atoms with Crippen LogP contribution in [0.1, 0.15) is 164 Å². The first-order valence-electron chi connectivity index (χ1n) is 17.8. The third-order valence-electron chi connectivity index (χ3n) is 9.43. The summed E-state index contributed by atoms with van der Waals surface area (Å²) in [6, 6.07) is 10.6. The van der Waals surface area contributed by atoms with Crippen LogP contribution in [0.2, 0.25) is 16.6 Å². The molecule has 1 rings (SSSR count). The SMILES string of the molecule is CCCCCCCCCCC[C@@H](C[C@H](O)[C@@H](/C=C/c1ccccc1)CCCCCC)O[Si](C(C)C)(C(C)C)C(C)C. The van der Waals surface area contributed by atoms with E-state index in [1.165, 1.54) is 89.0 Å². The van der Waals surface area contributed by atoms with E-state index in [1.54, 1.807) is 0 Å². The van der Waals surface area contributed by atoms with Crippen LogP contribution >= 0.6 is 0 Å². The topological polar surface area (TPSA) is 29.5 Å². The smallest absolute Gasteiger partial charge is 0.200 e. The van der Waals surface area contributed by atoms with Gasteiger partial charge >= 0.3 is 0 Å². The number of unbranched alkanes of at least 4 members (excludes halogenated alkanes) is 11. The first kappa shape index (κ1) is 38.1. The van der Waals surface area contributed by atoms with Gasteiger partial charge in [-0.25, -0.2) is 0 Å². The maximum Gasteiger partial charge on any atom is 0.200 e. The molecule has 0 aliphatic rings. The molecule has 0 spiro atoms. The highest BCUT2D eigenvalue weighted by Crippen LogP contribution is 2.44. The molecule has 41 heavy (non-hydrogen) atoms. The van der Waals surface area contributed by atoms with Gasteiger partial charge in [0.1, 0.15) is 0 Å². The van der Waals surface area contributed by atoms with Gasteiger partial charge in [-0.2, -0.15) is 0 Å². The summed E-state index contributed by atoms with van der Waals surface area (Å²) >= 11 is 0. The number of aliphatic hydroxyl groups is 1. The van der Waals surface area contributed by atoms with Crippen molar-refractivity contribution in [2.45, 2.75) is 187 Å². The quantitative estimate of drug-likeness (QED) is 0.0912. The van der Waals surface area contributed by atoms with E-state index in [4.69, 9.17) is 4.43 Å². The van der Waals surface area contributed by atoms with E-state index in [-0.39, 0.29) is 18.1 Å². The molecule has 0 amide bonds. The monoisotopic (exact) mass is 587 g/mol. The van der Waals surface area contributed by atoms with Crippen molar-refractivity contribution in [1.82, 2.24) is 0 Å². The van der Waals surface area contributed by atoms with Gasteiger partial charge in [0, 0.05) is 12.0 Å². The molecular weight excluding hydrogens is 517 g/mol. The molecule has 0 aliphatic heterocycles. The molecule has 2 nitrogen and oxygen atoms in total. The van der Waals surface area contributed by atoms with Crippen molar-refractivity contribution >= 4 is 14.4 Å². The molecule has 0 bridgehead atoms. The van der Waals surface area contributed by atoms with Crippen LogP contribution in [-0.2, 0) is 4.43 Å². The molecule has 0 aromatic heterocycles. The van der Waals surface area contributed by atoms with Crippen molar-refractivity contribution in [3.63, 3.8) is 0 Å². The third-order valence-corrected chi connectivity index (χ3v) is 15.6. The van der Waals surface area contributed by atoms with E-state index >= 15 is 0 Å². The van der Waals surface area contributed by atoms with Crippen LogP contribution in [0.5, 0.6) is 0 Å². The molecule has 1 aromatic carbocycles. The lowest BCUT2D eigenvalue weighted by molar-refractivity contribution is 0.0518. The van der Waals surface area contributed by atoms with Crippen molar-refractivity contribution in [3.05, 3.63) is 42.0 Å². The fourth-order valence-electron chi connectivity index (χ4n) is 7.07. The zero-order chi connectivity index (χ0) is 30.5. The van der Waals surface area contributed by atoms with Crippen molar-refractivity contribution in [2.75, 3.05) is 0 Å². The lowest BCUT2D eigenvalue weighted by Gasteiger charge is -2.45. The summed E-state index contributed by atoms with van der Waals surface area (Å²) in [6.45, 7) is 18.9. The molecule has 0 fully saturated rings. The van der Waals surface area contributed by atoms with Gasteiger partial charge in [-0.05, 0) is 41.4 Å². The van der Waals surface area contributed by atoms with E-state index in [9.17, 15) is 5.11 Å². The van der Waals surface area contributed by atoms with Gasteiger partial charge in [0.25, 0.3) is 0 Å². The van der Waals surface area contributed by atoms with Crippen molar-refractivity contribution < 1.29 is 9.53 Å². The van der Waals surface area contributed by atoms with Gasteiger partial charge in [-0.1, -0.05) is 181 Å². The average Bonchev–Trinajstić information content (AvgIpc) is 2.94. The van der Waals surface area contributed by atoms with Crippen molar-refractivity contribution in [1.29, 1.82) is 0 Å². The van der Waals surface area contributed by atoms with E-state index in [0.717, 1.165) is 19.3 Å². The Kier molecular flexibility index (Phi) is 21.0. The van der Waals surface area contributed by atoms with Crippen LogP contribution in [0, 0.1) is 5.92 Å². The highest BCUT2D eigenvalue weighted by molar-refractivity contribution is 6.77. The molecular formula is C38H70O2Si. The normalized spacial score (nSPS) is 14.9. The number of benzene rings is 1. The van der Waals surface area contributed by atoms with E-state index in [0.29, 0.717) is 16.6 Å². The number of rotatable bonds is 25. The fraction of sp³-hybridized carbons (Fsp3) is 0.789. The number of hydrogen-bond acceptors (Lipinski definition) is 2. The van der Waals surface area contributed by atoms with Crippen molar-refractivity contribution in [2.24, 2.45) is 5.92 Å². The van der Waals surface area contributed by atoms with Crippen LogP contribution in [0.4, 0.5) is 0 Å². The second kappa shape index (κ2) is 22.6. The summed E-state index contributed by atoms with van der Waals surface area (Å²) < 4.78 is 7.38. The van der Waals surface area contributed by atoms with Gasteiger partial charge in [-0.3, -0.25) is 0 Å². The molecule has 238 valence electrons. The van der Waals surface area contributed by atoms with Crippen LogP contribution in [0.25, 0.3) is 6.08 Å². The summed E-state index contributed by atoms with van der Waals surface area (Å²) in [5.41, 5.74) is 2.90.